The molecule has 0 bridgehead atoms. The summed E-state index contributed by atoms with van der Waals surface area (Å²) in [4.78, 5) is 12.2. The van der Waals surface area contributed by atoms with Gasteiger partial charge in [-0.2, -0.15) is 8.78 Å². The van der Waals surface area contributed by atoms with Crippen molar-refractivity contribution < 1.29 is 22.7 Å². The van der Waals surface area contributed by atoms with E-state index in [-0.39, 0.29) is 23.2 Å². The van der Waals surface area contributed by atoms with Gasteiger partial charge in [-0.3, -0.25) is 4.79 Å². The molecule has 0 fully saturated rings. The van der Waals surface area contributed by atoms with Crippen LogP contribution in [0.15, 0.2) is 64.2 Å². The van der Waals surface area contributed by atoms with Crippen LogP contribution in [0.25, 0.3) is 0 Å². The van der Waals surface area contributed by atoms with Gasteiger partial charge in [0, 0.05) is 12.0 Å². The molecule has 0 radical (unpaired) electrons. The van der Waals surface area contributed by atoms with E-state index in [9.17, 15) is 13.6 Å². The van der Waals surface area contributed by atoms with Crippen molar-refractivity contribution in [3.63, 3.8) is 0 Å². The van der Waals surface area contributed by atoms with Crippen LogP contribution in [0.5, 0.6) is 5.75 Å². The van der Waals surface area contributed by atoms with E-state index in [1.807, 2.05) is 30.3 Å². The number of ketones is 1. The molecule has 1 heterocycles. The zero-order valence-corrected chi connectivity index (χ0v) is 15.9. The van der Waals surface area contributed by atoms with Crippen molar-refractivity contribution in [3.8, 4) is 5.75 Å². The summed E-state index contributed by atoms with van der Waals surface area (Å²) in [7, 11) is 0. The van der Waals surface area contributed by atoms with Crippen LogP contribution in [0.2, 0.25) is 0 Å². The maximum atomic E-state index is 12.2. The molecule has 1 aromatic heterocycles. The van der Waals surface area contributed by atoms with Crippen LogP contribution in [-0.2, 0) is 6.42 Å². The van der Waals surface area contributed by atoms with Crippen LogP contribution in [0.1, 0.15) is 34.7 Å². The van der Waals surface area contributed by atoms with E-state index in [4.69, 9.17) is 4.42 Å². The average Bonchev–Trinajstić information content (AvgIpc) is 3.14. The molecule has 0 amide bonds. The van der Waals surface area contributed by atoms with E-state index in [0.717, 1.165) is 11.8 Å². The van der Waals surface area contributed by atoms with Gasteiger partial charge in [0.1, 0.15) is 5.75 Å². The van der Waals surface area contributed by atoms with E-state index in [1.54, 1.807) is 0 Å². The van der Waals surface area contributed by atoms with Gasteiger partial charge in [-0.25, -0.2) is 0 Å². The highest BCUT2D eigenvalue weighted by atomic mass is 32.2. The largest absolute Gasteiger partial charge is 0.435 e. The van der Waals surface area contributed by atoms with Gasteiger partial charge in [0.2, 0.25) is 5.89 Å². The van der Waals surface area contributed by atoms with Crippen molar-refractivity contribution >= 4 is 17.5 Å². The zero-order chi connectivity index (χ0) is 19.9. The van der Waals surface area contributed by atoms with E-state index >= 15 is 0 Å². The Labute approximate surface area is 165 Å². The highest BCUT2D eigenvalue weighted by Crippen LogP contribution is 2.23. The summed E-state index contributed by atoms with van der Waals surface area (Å²) in [5.74, 6) is 0.680. The predicted molar refractivity (Wildman–Crippen MR) is 101 cm³/mol. The van der Waals surface area contributed by atoms with Crippen LogP contribution in [0, 0.1) is 0 Å². The van der Waals surface area contributed by atoms with Crippen LogP contribution >= 0.6 is 11.8 Å². The number of Topliss-reactive ketones (excluding diaryl/α,β-unsaturated/α-hetero) is 1. The molecule has 1 unspecified atom stereocenters. The molecule has 3 aromatic rings. The maximum absolute atomic E-state index is 12.2. The molecular weight excluding hydrogens is 386 g/mol. The number of carbonyl (C=O) groups excluding carboxylic acids is 1. The Kier molecular flexibility index (Phi) is 6.76. The molecule has 1 atom stereocenters. The Balaban J connectivity index is 1.52. The number of alkyl halides is 2. The van der Waals surface area contributed by atoms with Crippen LogP contribution in [0.3, 0.4) is 0 Å². The molecule has 5 nitrogen and oxygen atoms in total. The number of aromatic nitrogens is 2. The van der Waals surface area contributed by atoms with Gasteiger partial charge in [0.05, 0.1) is 5.75 Å². The fourth-order valence-corrected chi connectivity index (χ4v) is 3.25. The Morgan fingerprint density at radius 1 is 1.11 bits per heavy atom. The van der Waals surface area contributed by atoms with Crippen LogP contribution < -0.4 is 4.74 Å². The van der Waals surface area contributed by atoms with Gasteiger partial charge >= 0.3 is 6.61 Å². The Bertz CT molecular complexity index is 901. The predicted octanol–water partition coefficient (Wildman–Crippen LogP) is 4.99. The van der Waals surface area contributed by atoms with Gasteiger partial charge in [0.15, 0.2) is 5.78 Å². The lowest BCUT2D eigenvalue weighted by Crippen LogP contribution is -2.04. The Morgan fingerprint density at radius 2 is 1.82 bits per heavy atom. The average molecular weight is 404 g/mol. The lowest BCUT2D eigenvalue weighted by molar-refractivity contribution is -0.0498. The number of hydrogen-bond acceptors (Lipinski definition) is 6. The molecule has 0 N–H and O–H groups in total. The highest BCUT2D eigenvalue weighted by molar-refractivity contribution is 7.99. The first kappa shape index (κ1) is 20.0. The fraction of sp³-hybridized carbons (Fsp3) is 0.250. The first-order valence-corrected chi connectivity index (χ1v) is 9.58. The topological polar surface area (TPSA) is 65.2 Å². The van der Waals surface area contributed by atoms with Crippen molar-refractivity contribution in [2.75, 3.05) is 5.75 Å². The first-order chi connectivity index (χ1) is 13.5. The molecule has 8 heteroatoms. The van der Waals surface area contributed by atoms with Gasteiger partial charge in [0.25, 0.3) is 5.22 Å². The van der Waals surface area contributed by atoms with Crippen molar-refractivity contribution in [1.82, 2.24) is 10.2 Å². The summed E-state index contributed by atoms with van der Waals surface area (Å²) in [6.07, 6.45) is 0.608. The lowest BCUT2D eigenvalue weighted by atomic mass is 9.98. The van der Waals surface area contributed by atoms with Crippen molar-refractivity contribution in [2.45, 2.75) is 31.1 Å². The molecular formula is C20H18F2N2O3S. The monoisotopic (exact) mass is 404 g/mol. The molecule has 146 valence electrons. The van der Waals surface area contributed by atoms with Gasteiger partial charge in [-0.1, -0.05) is 49.0 Å². The van der Waals surface area contributed by atoms with E-state index in [1.165, 1.54) is 29.8 Å². The Morgan fingerprint density at radius 3 is 2.50 bits per heavy atom. The van der Waals surface area contributed by atoms with E-state index in [0.29, 0.717) is 23.1 Å². The van der Waals surface area contributed by atoms with Crippen molar-refractivity contribution in [3.05, 3.63) is 71.6 Å². The lowest BCUT2D eigenvalue weighted by Gasteiger charge is -2.08. The maximum Gasteiger partial charge on any atom is 0.387 e. The SMILES string of the molecule is CC(Cc1nnc(SCC(=O)c2ccc(OC(F)F)cc2)o1)c1ccccc1. The van der Waals surface area contributed by atoms with Crippen LogP contribution in [0.4, 0.5) is 8.78 Å². The van der Waals surface area contributed by atoms with E-state index in [2.05, 4.69) is 21.9 Å². The Hall–Kier alpha value is -2.74. The molecule has 0 saturated carbocycles. The quantitative estimate of drug-likeness (QED) is 0.370. The molecule has 0 spiro atoms. The number of nitrogens with zero attached hydrogens (tertiary/aromatic N) is 2. The van der Waals surface area contributed by atoms with Crippen molar-refractivity contribution in [1.29, 1.82) is 0 Å². The summed E-state index contributed by atoms with van der Waals surface area (Å²) in [6.45, 7) is -0.814. The summed E-state index contributed by atoms with van der Waals surface area (Å²) < 4.78 is 34.2. The number of rotatable bonds is 9. The molecule has 28 heavy (non-hydrogen) atoms. The number of carbonyl (C=O) groups is 1. The number of thioether (sulfide) groups is 1. The third-order valence-electron chi connectivity index (χ3n) is 4.03. The minimum Gasteiger partial charge on any atom is -0.435 e. The zero-order valence-electron chi connectivity index (χ0n) is 15.0. The third kappa shape index (κ3) is 5.63. The highest BCUT2D eigenvalue weighted by Gasteiger charge is 2.14. The first-order valence-electron chi connectivity index (χ1n) is 8.59. The van der Waals surface area contributed by atoms with Gasteiger partial charge in [-0.05, 0) is 35.7 Å². The second-order valence-electron chi connectivity index (χ2n) is 6.09. The smallest absolute Gasteiger partial charge is 0.387 e. The van der Waals surface area contributed by atoms with Crippen molar-refractivity contribution in [2.24, 2.45) is 0 Å². The molecule has 2 aromatic carbocycles. The van der Waals surface area contributed by atoms with Gasteiger partial charge in [-0.15, -0.1) is 10.2 Å². The fourth-order valence-electron chi connectivity index (χ4n) is 2.57. The molecule has 3 rings (SSSR count). The summed E-state index contributed by atoms with van der Waals surface area (Å²) >= 11 is 1.14. The minimum atomic E-state index is -2.89. The summed E-state index contributed by atoms with van der Waals surface area (Å²) in [5, 5.41) is 8.32. The molecule has 0 saturated heterocycles. The number of benzene rings is 2. The minimum absolute atomic E-state index is 0.00767. The van der Waals surface area contributed by atoms with Gasteiger partial charge < -0.3 is 9.15 Å². The van der Waals surface area contributed by atoms with E-state index < -0.39 is 6.61 Å². The normalized spacial score (nSPS) is 12.1. The third-order valence-corrected chi connectivity index (χ3v) is 4.84. The standard InChI is InChI=1S/C20H18F2N2O3S/c1-13(14-5-3-2-4-6-14)11-18-23-24-20(27-18)28-12-17(25)15-7-9-16(10-8-15)26-19(21)22/h2-10,13,19H,11-12H2,1H3. The number of halogens is 2. The summed E-state index contributed by atoms with van der Waals surface area (Å²) in [6, 6.07) is 15.6. The number of hydrogen-bond donors (Lipinski definition) is 0. The number of ether oxygens (including phenoxy) is 1. The molecule has 0 aliphatic carbocycles. The summed E-state index contributed by atoms with van der Waals surface area (Å²) in [5.41, 5.74) is 1.58. The van der Waals surface area contributed by atoms with Crippen LogP contribution in [-0.4, -0.2) is 28.3 Å². The molecule has 0 aliphatic rings. The second-order valence-corrected chi connectivity index (χ2v) is 7.02. The second kappa shape index (κ2) is 9.45. The molecule has 0 aliphatic heterocycles.